The van der Waals surface area contributed by atoms with Crippen LogP contribution in [0.5, 0.6) is 0 Å². The van der Waals surface area contributed by atoms with Gasteiger partial charge in [-0.3, -0.25) is 11.3 Å². The molecule has 0 bridgehead atoms. The molecule has 3 atom stereocenters. The molecule has 0 aromatic heterocycles. The summed E-state index contributed by atoms with van der Waals surface area (Å²) >= 11 is 0. The first kappa shape index (κ1) is 17.9. The zero-order chi connectivity index (χ0) is 15.4. The second-order valence-corrected chi connectivity index (χ2v) is 8.95. The van der Waals surface area contributed by atoms with Gasteiger partial charge in [0, 0.05) is 23.6 Å². The van der Waals surface area contributed by atoms with Gasteiger partial charge in [-0.1, -0.05) is 19.8 Å². The zero-order valence-corrected chi connectivity index (χ0v) is 14.2. The second-order valence-electron chi connectivity index (χ2n) is 6.69. The van der Waals surface area contributed by atoms with E-state index < -0.39 is 9.84 Å². The Balaban J connectivity index is 2.76. The Bertz CT molecular complexity index is 397. The van der Waals surface area contributed by atoms with Crippen molar-refractivity contribution in [2.45, 2.75) is 57.0 Å². The average Bonchev–Trinajstić information content (AvgIpc) is 2.33. The summed E-state index contributed by atoms with van der Waals surface area (Å²) in [6, 6.07) is 0.141. The lowest BCUT2D eigenvalue weighted by Crippen LogP contribution is -2.62. The Hall–Kier alpha value is -0.170. The maximum absolute atomic E-state index is 11.3. The molecule has 120 valence electrons. The summed E-state index contributed by atoms with van der Waals surface area (Å²) in [5.41, 5.74) is 3.01. The highest BCUT2D eigenvalue weighted by Crippen LogP contribution is 2.39. The molecular formula is C14H31N3O2S. The van der Waals surface area contributed by atoms with Crippen molar-refractivity contribution in [3.8, 4) is 0 Å². The maximum Gasteiger partial charge on any atom is 0.147 e. The topological polar surface area (TPSA) is 75.4 Å². The van der Waals surface area contributed by atoms with Crippen LogP contribution >= 0.6 is 0 Å². The van der Waals surface area contributed by atoms with Gasteiger partial charge in [0.15, 0.2) is 0 Å². The number of nitrogens with zero attached hydrogens (tertiary/aromatic N) is 1. The van der Waals surface area contributed by atoms with E-state index in [1.807, 2.05) is 0 Å². The molecule has 3 unspecified atom stereocenters. The lowest BCUT2D eigenvalue weighted by molar-refractivity contribution is 0.0341. The smallest absolute Gasteiger partial charge is 0.147 e. The van der Waals surface area contributed by atoms with Crippen molar-refractivity contribution in [3.63, 3.8) is 0 Å². The molecule has 1 rings (SSSR count). The third-order valence-electron chi connectivity index (χ3n) is 4.76. The van der Waals surface area contributed by atoms with E-state index in [1.54, 1.807) is 0 Å². The fourth-order valence-corrected chi connectivity index (χ4v) is 4.35. The summed E-state index contributed by atoms with van der Waals surface area (Å²) in [4.78, 5) is 2.29. The van der Waals surface area contributed by atoms with Gasteiger partial charge in [-0.2, -0.15) is 0 Å². The molecule has 0 aliphatic heterocycles. The molecule has 1 aliphatic rings. The Kier molecular flexibility index (Phi) is 6.44. The molecule has 0 aromatic rings. The van der Waals surface area contributed by atoms with Gasteiger partial charge in [0.05, 0.1) is 0 Å². The summed E-state index contributed by atoms with van der Waals surface area (Å²) in [5.74, 6) is 6.73. The van der Waals surface area contributed by atoms with Gasteiger partial charge >= 0.3 is 0 Å². The van der Waals surface area contributed by atoms with Crippen LogP contribution in [0.25, 0.3) is 0 Å². The Morgan fingerprint density at radius 3 is 2.55 bits per heavy atom. The number of rotatable bonds is 7. The molecule has 3 N–H and O–H groups in total. The first-order valence-corrected chi connectivity index (χ1v) is 9.58. The summed E-state index contributed by atoms with van der Waals surface area (Å²) < 4.78 is 22.6. The monoisotopic (exact) mass is 305 g/mol. The van der Waals surface area contributed by atoms with Crippen LogP contribution < -0.4 is 11.3 Å². The van der Waals surface area contributed by atoms with Crippen molar-refractivity contribution in [1.82, 2.24) is 10.3 Å². The Morgan fingerprint density at radius 1 is 1.45 bits per heavy atom. The quantitative estimate of drug-likeness (QED) is 0.545. The van der Waals surface area contributed by atoms with Gasteiger partial charge < -0.3 is 4.90 Å². The fraction of sp³-hybridized carbons (Fsp3) is 1.00. The molecule has 0 saturated heterocycles. The predicted molar refractivity (Wildman–Crippen MR) is 84.1 cm³/mol. The minimum atomic E-state index is -2.89. The van der Waals surface area contributed by atoms with Crippen molar-refractivity contribution < 1.29 is 8.42 Å². The van der Waals surface area contributed by atoms with E-state index in [4.69, 9.17) is 5.84 Å². The standard InChI is InChI=1S/C14H31N3O2S/c1-12-7-5-9-14(11-12,17(2)3)13(16-15)8-6-10-20(4,18)19/h12-13,16H,5-11,15H2,1-4H3. The van der Waals surface area contributed by atoms with E-state index >= 15 is 0 Å². The van der Waals surface area contributed by atoms with E-state index in [2.05, 4.69) is 31.3 Å². The maximum atomic E-state index is 11.3. The Morgan fingerprint density at radius 2 is 2.10 bits per heavy atom. The second kappa shape index (κ2) is 7.20. The number of nitrogens with one attached hydrogen (secondary N) is 1. The van der Waals surface area contributed by atoms with Crippen LogP contribution in [0.1, 0.15) is 45.4 Å². The molecular weight excluding hydrogens is 274 g/mol. The van der Waals surface area contributed by atoms with Crippen molar-refractivity contribution in [2.24, 2.45) is 11.8 Å². The van der Waals surface area contributed by atoms with Crippen LogP contribution in [0, 0.1) is 5.92 Å². The SMILES string of the molecule is CC1CCCC(C(CCCS(C)(=O)=O)NN)(N(C)C)C1. The molecule has 20 heavy (non-hydrogen) atoms. The van der Waals surface area contributed by atoms with Gasteiger partial charge in [0.25, 0.3) is 0 Å². The molecule has 0 aromatic carbocycles. The van der Waals surface area contributed by atoms with E-state index in [0.717, 1.165) is 19.3 Å². The Labute approximate surface area is 124 Å². The van der Waals surface area contributed by atoms with Crippen molar-refractivity contribution in [1.29, 1.82) is 0 Å². The number of hydrazine groups is 1. The van der Waals surface area contributed by atoms with Gasteiger partial charge in [-0.25, -0.2) is 8.42 Å². The number of hydrogen-bond donors (Lipinski definition) is 2. The highest BCUT2D eigenvalue weighted by Gasteiger charge is 2.42. The average molecular weight is 305 g/mol. The van der Waals surface area contributed by atoms with Gasteiger partial charge in [-0.05, 0) is 45.7 Å². The molecule has 6 heteroatoms. The molecule has 0 spiro atoms. The minimum absolute atomic E-state index is 0.0456. The normalized spacial score (nSPS) is 29.6. The highest BCUT2D eigenvalue weighted by molar-refractivity contribution is 7.90. The lowest BCUT2D eigenvalue weighted by Gasteiger charge is -2.50. The summed E-state index contributed by atoms with van der Waals surface area (Å²) in [6.07, 6.45) is 7.49. The highest BCUT2D eigenvalue weighted by atomic mass is 32.2. The van der Waals surface area contributed by atoms with Crippen LogP contribution in [0.4, 0.5) is 0 Å². The third kappa shape index (κ3) is 4.69. The van der Waals surface area contributed by atoms with Crippen molar-refractivity contribution in [3.05, 3.63) is 0 Å². The number of hydrogen-bond acceptors (Lipinski definition) is 5. The molecule has 0 heterocycles. The first-order chi connectivity index (χ1) is 9.21. The van der Waals surface area contributed by atoms with Crippen molar-refractivity contribution in [2.75, 3.05) is 26.1 Å². The van der Waals surface area contributed by atoms with E-state index in [-0.39, 0.29) is 17.3 Å². The molecule has 5 nitrogen and oxygen atoms in total. The molecule has 1 aliphatic carbocycles. The predicted octanol–water partition coefficient (Wildman–Crippen LogP) is 1.15. The van der Waals surface area contributed by atoms with Crippen LogP contribution in [0.2, 0.25) is 0 Å². The third-order valence-corrected chi connectivity index (χ3v) is 5.79. The van der Waals surface area contributed by atoms with Gasteiger partial charge in [0.2, 0.25) is 0 Å². The first-order valence-electron chi connectivity index (χ1n) is 7.52. The number of likely N-dealkylation sites (N-methyl/N-ethyl adjacent to an activating group) is 1. The van der Waals surface area contributed by atoms with Gasteiger partial charge in [-0.15, -0.1) is 0 Å². The van der Waals surface area contributed by atoms with Crippen LogP contribution in [-0.4, -0.2) is 51.0 Å². The van der Waals surface area contributed by atoms with E-state index in [9.17, 15) is 8.42 Å². The van der Waals surface area contributed by atoms with Crippen LogP contribution in [0.3, 0.4) is 0 Å². The summed E-state index contributed by atoms with van der Waals surface area (Å²) in [6.45, 7) is 2.29. The van der Waals surface area contributed by atoms with Crippen LogP contribution in [-0.2, 0) is 9.84 Å². The minimum Gasteiger partial charge on any atom is -0.302 e. The molecule has 0 radical (unpaired) electrons. The number of sulfone groups is 1. The summed E-state index contributed by atoms with van der Waals surface area (Å²) in [7, 11) is 1.33. The fourth-order valence-electron chi connectivity index (χ4n) is 3.66. The lowest BCUT2D eigenvalue weighted by atomic mass is 9.70. The number of nitrogens with two attached hydrogens (primary N) is 1. The van der Waals surface area contributed by atoms with Crippen LogP contribution in [0.15, 0.2) is 0 Å². The zero-order valence-electron chi connectivity index (χ0n) is 13.4. The largest absolute Gasteiger partial charge is 0.302 e. The molecule has 1 fully saturated rings. The van der Waals surface area contributed by atoms with E-state index in [0.29, 0.717) is 12.3 Å². The molecule has 1 saturated carbocycles. The van der Waals surface area contributed by atoms with Gasteiger partial charge in [0.1, 0.15) is 9.84 Å². The molecule has 0 amide bonds. The van der Waals surface area contributed by atoms with Crippen molar-refractivity contribution >= 4 is 9.84 Å². The summed E-state index contributed by atoms with van der Waals surface area (Å²) in [5, 5.41) is 0. The van der Waals surface area contributed by atoms with E-state index in [1.165, 1.54) is 19.1 Å².